The van der Waals surface area contributed by atoms with Crippen molar-refractivity contribution < 1.29 is 4.79 Å². The highest BCUT2D eigenvalue weighted by atomic mass is 16.1. The first-order chi connectivity index (χ1) is 9.22. The van der Waals surface area contributed by atoms with E-state index in [1.165, 1.54) is 11.1 Å². The van der Waals surface area contributed by atoms with Crippen LogP contribution in [0.15, 0.2) is 24.3 Å². The average Bonchev–Trinajstić information content (AvgIpc) is 2.46. The van der Waals surface area contributed by atoms with E-state index < -0.39 is 0 Å². The Morgan fingerprint density at radius 1 is 1.47 bits per heavy atom. The molecule has 3 heteroatoms. The number of amides is 1. The normalized spacial score (nSPS) is 19.6. The molecule has 104 valence electrons. The zero-order chi connectivity index (χ0) is 13.7. The lowest BCUT2D eigenvalue weighted by Gasteiger charge is -2.24. The summed E-state index contributed by atoms with van der Waals surface area (Å²) in [6.45, 7) is 2.76. The third-order valence-corrected chi connectivity index (χ3v) is 4.02. The van der Waals surface area contributed by atoms with E-state index in [0.29, 0.717) is 6.54 Å². The van der Waals surface area contributed by atoms with Crippen LogP contribution < -0.4 is 11.1 Å². The highest BCUT2D eigenvalue weighted by Crippen LogP contribution is 2.31. The third-order valence-electron chi connectivity index (χ3n) is 4.02. The van der Waals surface area contributed by atoms with Crippen molar-refractivity contribution in [1.82, 2.24) is 5.32 Å². The molecule has 1 aromatic rings. The van der Waals surface area contributed by atoms with Crippen LogP contribution in [0.1, 0.15) is 49.7 Å². The van der Waals surface area contributed by atoms with Gasteiger partial charge in [-0.05, 0) is 43.2 Å². The summed E-state index contributed by atoms with van der Waals surface area (Å²) in [5.74, 6) is 0.193. The highest BCUT2D eigenvalue weighted by molar-refractivity contribution is 5.84. The Morgan fingerprint density at radius 2 is 2.26 bits per heavy atom. The minimum Gasteiger partial charge on any atom is -0.356 e. The molecule has 0 bridgehead atoms. The van der Waals surface area contributed by atoms with Crippen molar-refractivity contribution in [1.29, 1.82) is 0 Å². The molecular weight excluding hydrogens is 236 g/mol. The van der Waals surface area contributed by atoms with E-state index in [2.05, 4.69) is 30.4 Å². The molecule has 2 rings (SSSR count). The molecule has 0 fully saturated rings. The number of nitrogens with one attached hydrogen (secondary N) is 1. The largest absolute Gasteiger partial charge is 0.356 e. The van der Waals surface area contributed by atoms with E-state index in [0.717, 1.165) is 32.1 Å². The third kappa shape index (κ3) is 3.57. The van der Waals surface area contributed by atoms with Crippen LogP contribution in [-0.4, -0.2) is 18.5 Å². The molecule has 1 aromatic carbocycles. The first kappa shape index (κ1) is 14.1. The lowest BCUT2D eigenvalue weighted by atomic mass is 9.82. The van der Waals surface area contributed by atoms with Gasteiger partial charge in [-0.1, -0.05) is 31.2 Å². The average molecular weight is 260 g/mol. The van der Waals surface area contributed by atoms with Gasteiger partial charge in [0.15, 0.2) is 0 Å². The van der Waals surface area contributed by atoms with Crippen LogP contribution in [0.25, 0.3) is 0 Å². The first-order valence-corrected chi connectivity index (χ1v) is 7.33. The van der Waals surface area contributed by atoms with Crippen molar-refractivity contribution in [3.63, 3.8) is 0 Å². The topological polar surface area (TPSA) is 55.1 Å². The molecule has 0 heterocycles. The number of benzene rings is 1. The Hall–Kier alpha value is -1.35. The summed E-state index contributed by atoms with van der Waals surface area (Å²) in [4.78, 5) is 12.3. The molecular formula is C16H24N2O. The molecule has 2 unspecified atom stereocenters. The number of carbonyl (C=O) groups is 1. The van der Waals surface area contributed by atoms with Gasteiger partial charge in [0, 0.05) is 12.6 Å². The summed E-state index contributed by atoms with van der Waals surface area (Å²) < 4.78 is 0. The Morgan fingerprint density at radius 3 is 3.05 bits per heavy atom. The van der Waals surface area contributed by atoms with E-state index in [1.54, 1.807) is 0 Å². The number of hydrogen-bond donors (Lipinski definition) is 2. The molecule has 0 radical (unpaired) electrons. The molecule has 3 N–H and O–H groups in total. The number of nitrogens with two attached hydrogens (primary N) is 1. The predicted octanol–water partition coefficient (Wildman–Crippen LogP) is 2.35. The molecule has 0 spiro atoms. The first-order valence-electron chi connectivity index (χ1n) is 7.33. The number of rotatable bonds is 5. The molecule has 0 aliphatic heterocycles. The van der Waals surface area contributed by atoms with Gasteiger partial charge in [0.05, 0.1) is 5.92 Å². The number of carbonyl (C=O) groups excluding carboxylic acids is 1. The molecule has 1 amide bonds. The Balaban J connectivity index is 1.93. The van der Waals surface area contributed by atoms with E-state index >= 15 is 0 Å². The Labute approximate surface area is 115 Å². The molecule has 19 heavy (non-hydrogen) atoms. The number of hydrogen-bond acceptors (Lipinski definition) is 2. The van der Waals surface area contributed by atoms with Crippen molar-refractivity contribution in [2.45, 2.75) is 51.0 Å². The molecule has 0 saturated heterocycles. The Kier molecular flexibility index (Phi) is 4.97. The maximum Gasteiger partial charge on any atom is 0.227 e. The zero-order valence-electron chi connectivity index (χ0n) is 11.7. The molecule has 2 atom stereocenters. The van der Waals surface area contributed by atoms with Gasteiger partial charge in [0.2, 0.25) is 5.91 Å². The van der Waals surface area contributed by atoms with Gasteiger partial charge in [-0.3, -0.25) is 4.79 Å². The lowest BCUT2D eigenvalue weighted by Crippen LogP contribution is -2.34. The van der Waals surface area contributed by atoms with E-state index in [-0.39, 0.29) is 17.9 Å². The summed E-state index contributed by atoms with van der Waals surface area (Å²) >= 11 is 0. The van der Waals surface area contributed by atoms with Crippen LogP contribution >= 0.6 is 0 Å². The number of fused-ring (bicyclic) bond motifs is 1. The van der Waals surface area contributed by atoms with E-state index in [9.17, 15) is 4.79 Å². The standard InChI is InChI=1S/C16H24N2O/c1-2-13(17)10-11-18-16(19)15-9-5-7-12-6-3-4-8-14(12)15/h3-4,6,8,13,15H,2,5,7,9-11,17H2,1H3,(H,18,19). The number of aryl methyl sites for hydroxylation is 1. The quantitative estimate of drug-likeness (QED) is 0.854. The van der Waals surface area contributed by atoms with Crippen molar-refractivity contribution in [2.24, 2.45) is 5.73 Å². The molecule has 1 aliphatic rings. The van der Waals surface area contributed by atoms with Crippen molar-refractivity contribution in [2.75, 3.05) is 6.54 Å². The summed E-state index contributed by atoms with van der Waals surface area (Å²) in [6, 6.07) is 8.51. The highest BCUT2D eigenvalue weighted by Gasteiger charge is 2.25. The van der Waals surface area contributed by atoms with Crippen LogP contribution in [0.3, 0.4) is 0 Å². The van der Waals surface area contributed by atoms with Gasteiger partial charge in [-0.15, -0.1) is 0 Å². The second kappa shape index (κ2) is 6.71. The predicted molar refractivity (Wildman–Crippen MR) is 78.0 cm³/mol. The maximum absolute atomic E-state index is 12.3. The SMILES string of the molecule is CCC(N)CCNC(=O)C1CCCc2ccccc21. The minimum absolute atomic E-state index is 0.0304. The smallest absolute Gasteiger partial charge is 0.227 e. The fourth-order valence-corrected chi connectivity index (χ4v) is 2.73. The van der Waals surface area contributed by atoms with Crippen LogP contribution in [0.4, 0.5) is 0 Å². The second-order valence-electron chi connectivity index (χ2n) is 5.39. The van der Waals surface area contributed by atoms with Crippen molar-refractivity contribution in [3.8, 4) is 0 Å². The maximum atomic E-state index is 12.3. The van der Waals surface area contributed by atoms with Crippen LogP contribution in [0.5, 0.6) is 0 Å². The fourth-order valence-electron chi connectivity index (χ4n) is 2.73. The van der Waals surface area contributed by atoms with Crippen molar-refractivity contribution in [3.05, 3.63) is 35.4 Å². The molecule has 0 aromatic heterocycles. The zero-order valence-corrected chi connectivity index (χ0v) is 11.7. The minimum atomic E-state index is 0.0304. The van der Waals surface area contributed by atoms with Crippen LogP contribution in [-0.2, 0) is 11.2 Å². The summed E-state index contributed by atoms with van der Waals surface area (Å²) in [5, 5.41) is 3.04. The summed E-state index contributed by atoms with van der Waals surface area (Å²) in [7, 11) is 0. The molecule has 1 aliphatic carbocycles. The molecule has 0 saturated carbocycles. The monoisotopic (exact) mass is 260 g/mol. The fraction of sp³-hybridized carbons (Fsp3) is 0.562. The van der Waals surface area contributed by atoms with Gasteiger partial charge in [0.1, 0.15) is 0 Å². The summed E-state index contributed by atoms with van der Waals surface area (Å²) in [5.41, 5.74) is 8.41. The van der Waals surface area contributed by atoms with E-state index in [1.807, 2.05) is 6.07 Å². The van der Waals surface area contributed by atoms with Gasteiger partial charge < -0.3 is 11.1 Å². The van der Waals surface area contributed by atoms with Crippen LogP contribution in [0.2, 0.25) is 0 Å². The Bertz CT molecular complexity index is 431. The lowest BCUT2D eigenvalue weighted by molar-refractivity contribution is -0.122. The van der Waals surface area contributed by atoms with Crippen LogP contribution in [0, 0.1) is 0 Å². The van der Waals surface area contributed by atoms with Gasteiger partial charge in [-0.25, -0.2) is 0 Å². The van der Waals surface area contributed by atoms with Crippen molar-refractivity contribution >= 4 is 5.91 Å². The molecule has 3 nitrogen and oxygen atoms in total. The summed E-state index contributed by atoms with van der Waals surface area (Å²) in [6.07, 6.45) is 4.98. The van der Waals surface area contributed by atoms with Gasteiger partial charge in [-0.2, -0.15) is 0 Å². The van der Waals surface area contributed by atoms with Gasteiger partial charge >= 0.3 is 0 Å². The van der Waals surface area contributed by atoms with E-state index in [4.69, 9.17) is 5.73 Å². The van der Waals surface area contributed by atoms with Gasteiger partial charge in [0.25, 0.3) is 0 Å². The second-order valence-corrected chi connectivity index (χ2v) is 5.39.